The number of anilines is 2. The van der Waals surface area contributed by atoms with Crippen LogP contribution in [0, 0.1) is 5.82 Å². The number of nitrogens with zero attached hydrogens (tertiary/aromatic N) is 5. The van der Waals surface area contributed by atoms with Gasteiger partial charge in [-0.25, -0.2) is 24.3 Å². The van der Waals surface area contributed by atoms with Gasteiger partial charge in [0.1, 0.15) is 29.8 Å². The molecule has 13 heteroatoms. The van der Waals surface area contributed by atoms with E-state index < -0.39 is 5.82 Å². The number of carbonyl (C=O) groups is 1. The minimum absolute atomic E-state index is 0.147. The van der Waals surface area contributed by atoms with Crippen molar-refractivity contribution in [3.63, 3.8) is 0 Å². The molecule has 1 N–H and O–H groups in total. The van der Waals surface area contributed by atoms with Crippen molar-refractivity contribution in [2.24, 2.45) is 0 Å². The highest BCUT2D eigenvalue weighted by molar-refractivity contribution is 7.11. The number of hydrogen-bond donors (Lipinski definition) is 1. The van der Waals surface area contributed by atoms with Crippen molar-refractivity contribution in [2.45, 2.75) is 6.10 Å². The fraction of sp³-hybridized carbons (Fsp3) is 0.167. The summed E-state index contributed by atoms with van der Waals surface area (Å²) in [6.45, 7) is 4.38. The van der Waals surface area contributed by atoms with E-state index in [1.54, 1.807) is 48.5 Å². The Bertz CT molecular complexity index is 1810. The summed E-state index contributed by atoms with van der Waals surface area (Å²) in [4.78, 5) is 30.7. The lowest BCUT2D eigenvalue weighted by Gasteiger charge is -2.38. The highest BCUT2D eigenvalue weighted by Crippen LogP contribution is 2.37. The van der Waals surface area contributed by atoms with Gasteiger partial charge >= 0.3 is 0 Å². The number of aromatic nitrogens is 4. The topological polar surface area (TPSA) is 121 Å². The number of hydrogen-bond acceptors (Lipinski definition) is 11. The van der Waals surface area contributed by atoms with Crippen LogP contribution in [0.25, 0.3) is 22.2 Å². The van der Waals surface area contributed by atoms with Crippen LogP contribution in [0.2, 0.25) is 0 Å². The fourth-order valence-corrected chi connectivity index (χ4v) is 5.09. The van der Waals surface area contributed by atoms with Crippen molar-refractivity contribution in [2.75, 3.05) is 32.6 Å². The first-order chi connectivity index (χ1) is 20.9. The molecule has 1 saturated heterocycles. The van der Waals surface area contributed by atoms with E-state index in [1.165, 1.54) is 36.9 Å². The molecule has 1 aliphatic rings. The van der Waals surface area contributed by atoms with Gasteiger partial charge in [-0.1, -0.05) is 17.9 Å². The molecule has 4 heterocycles. The molecule has 3 aromatic heterocycles. The van der Waals surface area contributed by atoms with Crippen molar-refractivity contribution in [1.82, 2.24) is 24.8 Å². The number of ether oxygens (including phenoxy) is 4. The highest BCUT2D eigenvalue weighted by Gasteiger charge is 2.31. The molecule has 0 unspecified atom stereocenters. The number of thiazole rings is 1. The number of pyridine rings is 1. The number of halogens is 1. The molecular weight excluding hydrogens is 575 g/mol. The molecule has 0 spiro atoms. The second kappa shape index (κ2) is 11.9. The summed E-state index contributed by atoms with van der Waals surface area (Å²) in [6, 6.07) is 11.5. The van der Waals surface area contributed by atoms with E-state index in [4.69, 9.17) is 18.9 Å². The lowest BCUT2D eigenvalue weighted by Crippen LogP contribution is -2.55. The predicted molar refractivity (Wildman–Crippen MR) is 159 cm³/mol. The van der Waals surface area contributed by atoms with E-state index in [-0.39, 0.29) is 23.4 Å². The van der Waals surface area contributed by atoms with E-state index in [0.29, 0.717) is 58.1 Å². The molecule has 43 heavy (non-hydrogen) atoms. The monoisotopic (exact) mass is 600 g/mol. The molecule has 5 aromatic rings. The Hall–Kier alpha value is -5.30. The zero-order valence-electron chi connectivity index (χ0n) is 23.1. The summed E-state index contributed by atoms with van der Waals surface area (Å²) >= 11 is 1.29. The summed E-state index contributed by atoms with van der Waals surface area (Å²) in [6.07, 6.45) is 4.11. The molecule has 6 rings (SSSR count). The number of fused-ring (bicyclic) bond motifs is 1. The minimum Gasteiger partial charge on any atom is -0.493 e. The van der Waals surface area contributed by atoms with Crippen molar-refractivity contribution in [3.05, 3.63) is 78.8 Å². The Morgan fingerprint density at radius 3 is 2.67 bits per heavy atom. The van der Waals surface area contributed by atoms with Crippen LogP contribution in [0.15, 0.2) is 73.0 Å². The smallest absolute Gasteiger partial charge is 0.279 e. The van der Waals surface area contributed by atoms with E-state index >= 15 is 4.39 Å². The van der Waals surface area contributed by atoms with Gasteiger partial charge in [-0.05, 0) is 30.3 Å². The second-order valence-corrected chi connectivity index (χ2v) is 10.2. The van der Waals surface area contributed by atoms with Gasteiger partial charge in [0.2, 0.25) is 11.8 Å². The first-order valence-corrected chi connectivity index (χ1v) is 13.9. The predicted octanol–water partition coefficient (Wildman–Crippen LogP) is 5.62. The van der Waals surface area contributed by atoms with E-state index in [0.717, 1.165) is 5.56 Å². The van der Waals surface area contributed by atoms with Gasteiger partial charge in [0.15, 0.2) is 11.5 Å². The fourth-order valence-electron chi connectivity index (χ4n) is 4.39. The Morgan fingerprint density at radius 2 is 1.95 bits per heavy atom. The van der Waals surface area contributed by atoms with Gasteiger partial charge in [-0.15, -0.1) is 0 Å². The third-order valence-electron chi connectivity index (χ3n) is 6.67. The van der Waals surface area contributed by atoms with E-state index in [9.17, 15) is 4.79 Å². The minimum atomic E-state index is -0.549. The van der Waals surface area contributed by atoms with Gasteiger partial charge in [0.25, 0.3) is 5.19 Å². The van der Waals surface area contributed by atoms with E-state index in [2.05, 4.69) is 31.8 Å². The molecule has 0 saturated carbocycles. The van der Waals surface area contributed by atoms with Crippen molar-refractivity contribution < 1.29 is 28.1 Å². The maximum atomic E-state index is 15.2. The van der Waals surface area contributed by atoms with Crippen LogP contribution in [-0.2, 0) is 4.79 Å². The molecule has 0 radical (unpaired) electrons. The summed E-state index contributed by atoms with van der Waals surface area (Å²) in [5.74, 6) is 1.41. The summed E-state index contributed by atoms with van der Waals surface area (Å²) in [5.41, 5.74) is 2.25. The van der Waals surface area contributed by atoms with Crippen molar-refractivity contribution in [1.29, 1.82) is 0 Å². The number of rotatable bonds is 10. The van der Waals surface area contributed by atoms with Crippen LogP contribution in [0.5, 0.6) is 28.3 Å². The van der Waals surface area contributed by atoms with Gasteiger partial charge in [0, 0.05) is 40.7 Å². The molecule has 11 nitrogen and oxygen atoms in total. The first-order valence-electron chi connectivity index (χ1n) is 13.0. The maximum absolute atomic E-state index is 15.2. The normalized spacial score (nSPS) is 12.9. The lowest BCUT2D eigenvalue weighted by atomic mass is 10.1. The molecule has 218 valence electrons. The van der Waals surface area contributed by atoms with E-state index in [1.807, 2.05) is 11.4 Å². The Labute approximate surface area is 249 Å². The SMILES string of the molecule is C=CC(=O)N1CC(Oc2cc3c(Nc4ccc(Oc5nc(-c6ccc(OC)nc6)cs5)cc4F)ncnc3cc2OC)C1. The third kappa shape index (κ3) is 5.88. The zero-order chi connectivity index (χ0) is 29.9. The molecule has 0 atom stereocenters. The highest BCUT2D eigenvalue weighted by atomic mass is 32.1. The maximum Gasteiger partial charge on any atom is 0.279 e. The Kier molecular flexibility index (Phi) is 7.71. The van der Waals surface area contributed by atoms with Crippen LogP contribution in [-0.4, -0.2) is 64.2 Å². The van der Waals surface area contributed by atoms with Gasteiger partial charge in [-0.2, -0.15) is 0 Å². The summed E-state index contributed by atoms with van der Waals surface area (Å²) in [7, 11) is 3.08. The zero-order valence-corrected chi connectivity index (χ0v) is 23.9. The second-order valence-electron chi connectivity index (χ2n) is 9.39. The Morgan fingerprint density at radius 1 is 1.09 bits per heavy atom. The molecule has 1 amide bonds. The number of nitrogens with one attached hydrogen (secondary N) is 1. The number of likely N-dealkylation sites (tertiary alicyclic amines) is 1. The van der Waals surface area contributed by atoms with Crippen molar-refractivity contribution in [3.8, 4) is 39.6 Å². The van der Waals surface area contributed by atoms with Crippen LogP contribution >= 0.6 is 11.3 Å². The molecule has 1 fully saturated rings. The summed E-state index contributed by atoms with van der Waals surface area (Å²) < 4.78 is 37.7. The number of amides is 1. The Balaban J connectivity index is 1.18. The number of carbonyl (C=O) groups excluding carboxylic acids is 1. The number of methoxy groups -OCH3 is 2. The third-order valence-corrected chi connectivity index (χ3v) is 7.39. The largest absolute Gasteiger partial charge is 0.493 e. The average molecular weight is 601 g/mol. The van der Waals surface area contributed by atoms with Gasteiger partial charge in [0.05, 0.1) is 44.2 Å². The van der Waals surface area contributed by atoms with Crippen molar-refractivity contribution >= 4 is 39.7 Å². The average Bonchev–Trinajstić information content (AvgIpc) is 3.48. The molecule has 0 bridgehead atoms. The van der Waals surface area contributed by atoms with Crippen LogP contribution in [0.3, 0.4) is 0 Å². The lowest BCUT2D eigenvalue weighted by molar-refractivity contribution is -0.134. The summed E-state index contributed by atoms with van der Waals surface area (Å²) in [5, 5.41) is 5.83. The van der Waals surface area contributed by atoms with Crippen LogP contribution in [0.4, 0.5) is 15.9 Å². The molecule has 1 aliphatic heterocycles. The molecule has 2 aromatic carbocycles. The molecular formula is C30H25FN6O5S. The van der Waals surface area contributed by atoms with Crippen LogP contribution in [0.1, 0.15) is 0 Å². The van der Waals surface area contributed by atoms with Gasteiger partial charge in [-0.3, -0.25) is 4.79 Å². The molecule has 0 aliphatic carbocycles. The number of benzene rings is 2. The first kappa shape index (κ1) is 27.8. The van der Waals surface area contributed by atoms with Gasteiger partial charge < -0.3 is 29.2 Å². The van der Waals surface area contributed by atoms with Crippen LogP contribution < -0.4 is 24.3 Å². The quantitative estimate of drug-likeness (QED) is 0.202. The standard InChI is InChI=1S/C30H25FN6O5S/c1-4-28(38)37-13-19(14-37)41-26-10-20-23(11-25(26)39-2)33-16-34-29(20)35-22-7-6-18(9-21(22)31)42-30-36-24(15-43-30)17-5-8-27(40-3)32-12-17/h4-12,15-16,19H,1,13-14H2,2-3H3,(H,33,34,35).